The van der Waals surface area contributed by atoms with E-state index >= 15 is 4.39 Å². The first-order valence-corrected chi connectivity index (χ1v) is 37.1. The first kappa shape index (κ1) is 68.3. The quantitative estimate of drug-likeness (QED) is 0.0121. The van der Waals surface area contributed by atoms with Crippen LogP contribution in [0.3, 0.4) is 0 Å². The normalized spacial score (nSPS) is 17.9. The fraction of sp³-hybridized carbons (Fsp3) is 0.481. The van der Waals surface area contributed by atoms with E-state index in [0.29, 0.717) is 63.6 Å². The molecule has 5 aromatic carbocycles. The van der Waals surface area contributed by atoms with Crippen molar-refractivity contribution in [2.45, 2.75) is 192 Å². The monoisotopic (exact) mass is 1320 g/mol. The van der Waals surface area contributed by atoms with E-state index in [-0.39, 0.29) is 40.4 Å². The zero-order valence-corrected chi connectivity index (χ0v) is 58.1. The van der Waals surface area contributed by atoms with E-state index in [1.807, 2.05) is 0 Å². The lowest BCUT2D eigenvalue weighted by Gasteiger charge is -2.38. The third kappa shape index (κ3) is 14.6. The van der Waals surface area contributed by atoms with Crippen molar-refractivity contribution in [2.75, 3.05) is 67.6 Å². The number of Topliss-reactive ketones (excluding diaryl/α,β-unsaturated/α-hetero) is 1. The number of carbonyl (C=O) groups excluding carboxylic acids is 3. The molecule has 17 heteroatoms. The summed E-state index contributed by atoms with van der Waals surface area (Å²) in [5.41, 5.74) is 17.9. The van der Waals surface area contributed by atoms with Crippen molar-refractivity contribution < 1.29 is 46.6 Å². The van der Waals surface area contributed by atoms with Gasteiger partial charge < -0.3 is 34.3 Å². The van der Waals surface area contributed by atoms with Gasteiger partial charge in [-0.1, -0.05) is 106 Å². The number of para-hydroxylation sites is 2. The number of phosphoric acid groups is 1. The third-order valence-corrected chi connectivity index (χ3v) is 21.5. The second-order valence-corrected chi connectivity index (χ2v) is 29.7. The summed E-state index contributed by atoms with van der Waals surface area (Å²) in [5, 5.41) is 9.54. The minimum atomic E-state index is -4.97. The van der Waals surface area contributed by atoms with Gasteiger partial charge in [0.25, 0.3) is 0 Å². The van der Waals surface area contributed by atoms with E-state index in [4.69, 9.17) is 13.9 Å². The number of allylic oxidation sites excluding steroid dienone is 6. The van der Waals surface area contributed by atoms with Crippen molar-refractivity contribution in [1.82, 2.24) is 10.6 Å². The average Bonchev–Trinajstić information content (AvgIpc) is 1.19. The molecule has 96 heavy (non-hydrogen) atoms. The molecule has 0 saturated carbocycles. The number of anilines is 3. The number of aryl methyl sites for hydroxylation is 5. The number of nitrogens with one attached hydrogen (secondary N) is 2. The highest BCUT2D eigenvalue weighted by Gasteiger charge is 2.43. The Morgan fingerprint density at radius 1 is 0.729 bits per heavy atom. The first-order valence-electron chi connectivity index (χ1n) is 35.6. The van der Waals surface area contributed by atoms with Crippen molar-refractivity contribution in [3.8, 4) is 5.75 Å². The lowest BCUT2D eigenvalue weighted by molar-refractivity contribution is -0.401. The predicted molar refractivity (Wildman–Crippen MR) is 383 cm³/mol. The number of nitrogens with zero attached hydrogens (tertiary/aromatic N) is 5. The molecule has 0 radical (unpaired) electrons. The minimum absolute atomic E-state index is 0.0404. The highest BCUT2D eigenvalue weighted by Crippen LogP contribution is 2.49. The molecule has 6 aliphatic heterocycles. The van der Waals surface area contributed by atoms with Crippen molar-refractivity contribution >= 4 is 75.8 Å². The van der Waals surface area contributed by atoms with Crippen LogP contribution < -0.4 is 35.2 Å². The van der Waals surface area contributed by atoms with E-state index in [1.54, 1.807) is 6.92 Å². The summed E-state index contributed by atoms with van der Waals surface area (Å²) in [6.45, 7) is 17.0. The number of fused-ring (bicyclic) bond motifs is 6. The molecule has 0 fully saturated rings. The lowest BCUT2D eigenvalue weighted by atomic mass is 9.81. The van der Waals surface area contributed by atoms with Gasteiger partial charge in [0.05, 0.1) is 10.8 Å². The van der Waals surface area contributed by atoms with Crippen LogP contribution in [-0.4, -0.2) is 96.6 Å². The second kappa shape index (κ2) is 29.6. The van der Waals surface area contributed by atoms with Gasteiger partial charge in [-0.2, -0.15) is 4.58 Å². The van der Waals surface area contributed by atoms with E-state index in [9.17, 15) is 28.7 Å². The molecule has 2 atom stereocenters. The van der Waals surface area contributed by atoms with Gasteiger partial charge in [-0.25, -0.2) is 8.96 Å². The molecule has 4 N–H and O–H groups in total. The molecule has 15 nitrogen and oxygen atoms in total. The lowest BCUT2D eigenvalue weighted by Crippen LogP contribution is -2.47. The number of alkyl halides is 1. The van der Waals surface area contributed by atoms with E-state index in [2.05, 4.69) is 156 Å². The third-order valence-electron chi connectivity index (χ3n) is 21.1. The molecule has 7 heterocycles. The van der Waals surface area contributed by atoms with Crippen molar-refractivity contribution in [3.63, 3.8) is 0 Å². The maximum absolute atomic E-state index is 15.5. The predicted octanol–water partition coefficient (Wildman–Crippen LogP) is 15.1. The zero-order chi connectivity index (χ0) is 67.3. The SMILES string of the molecule is Cc1ccc(OP(=O)(O)O)c(C(F)C(=O)CCCCCCCNC(=O)C(CCCCN=c2c3cc4c5c(c3oc3c6c7c(cc23)CCCN7CCC6)CCCN5CCC4)NC(=O)CCCCCN2C(=CC=CC=CC3=[N+](C)c4ccccc4C3(C)C)C(C)(C)c3ccccc32)c1. The number of benzene rings is 5. The number of hydrogen-bond acceptors (Lipinski definition) is 10. The summed E-state index contributed by atoms with van der Waals surface area (Å²) in [6, 6.07) is 25.5. The Labute approximate surface area is 565 Å². The van der Waals surface area contributed by atoms with Gasteiger partial charge in [-0.05, 0) is 170 Å². The molecule has 6 aromatic rings. The molecular weight excluding hydrogens is 1220 g/mol. The van der Waals surface area contributed by atoms with Gasteiger partial charge in [-0.15, -0.1) is 0 Å². The van der Waals surface area contributed by atoms with Crippen LogP contribution in [0.5, 0.6) is 5.75 Å². The smallest absolute Gasteiger partial charge is 0.455 e. The molecule has 2 amide bonds. The Kier molecular flexibility index (Phi) is 21.1. The number of rotatable bonds is 28. The maximum atomic E-state index is 15.5. The molecule has 508 valence electrons. The molecule has 6 aliphatic rings. The summed E-state index contributed by atoms with van der Waals surface area (Å²) in [6.07, 6.45) is 25.2. The van der Waals surface area contributed by atoms with E-state index in [1.165, 1.54) is 85.7 Å². The highest BCUT2D eigenvalue weighted by molar-refractivity contribution is 7.46. The Morgan fingerprint density at radius 2 is 1.35 bits per heavy atom. The molecular formula is C79H98FN7O8P+. The Morgan fingerprint density at radius 3 is 2.04 bits per heavy atom. The van der Waals surface area contributed by atoms with Gasteiger partial charge in [0.15, 0.2) is 17.7 Å². The van der Waals surface area contributed by atoms with Gasteiger partial charge in [0.2, 0.25) is 17.5 Å². The summed E-state index contributed by atoms with van der Waals surface area (Å²) < 4.78 is 41.3. The molecule has 0 aliphatic carbocycles. The van der Waals surface area contributed by atoms with E-state index in [0.717, 1.165) is 143 Å². The topological polar surface area (TPSA) is 180 Å². The van der Waals surface area contributed by atoms with Crippen molar-refractivity contribution in [1.29, 1.82) is 0 Å². The maximum Gasteiger partial charge on any atom is 0.524 e. The Bertz CT molecular complexity index is 4100. The van der Waals surface area contributed by atoms with Crippen molar-refractivity contribution in [2.24, 2.45) is 4.99 Å². The van der Waals surface area contributed by atoms with Crippen LogP contribution >= 0.6 is 7.82 Å². The summed E-state index contributed by atoms with van der Waals surface area (Å²) in [4.78, 5) is 73.0. The summed E-state index contributed by atoms with van der Waals surface area (Å²) in [5.74, 6) is -1.39. The number of halogens is 1. The summed E-state index contributed by atoms with van der Waals surface area (Å²) >= 11 is 0. The van der Waals surface area contributed by atoms with Crippen LogP contribution in [0.15, 0.2) is 124 Å². The standard InChI is InChI=1S/C79H97FN7O8P/c1-53-41-42-67(95-96(91,92)93)58(50-53)71(80)66(88)37-12-8-7-9-21-44-82-77(90)63(34-20-22-43-81-72-59-51-54-28-24-45-85-47-26-30-56(73(54)85)75(59)94-76-57-31-27-48-86-46-25-29-55(74(57)86)52-60(72)76)83-70(89)40-15-11-23-49-87-65-36-19-17-33-62(65)79(4,5)69(87)39-14-10-13-38-68-78(2,3)61-32-16-18-35-64(61)84(68)6/h10,13-14,16-19,32-33,35-36,38-39,41-42,50-52,63,71H,7-9,11-12,15,20-31,34,37,40,43-49H2,1-6H3,(H3-,82,83,89,90,91,92,93)/p+1. The van der Waals surface area contributed by atoms with Crippen LogP contribution in [0.4, 0.5) is 27.1 Å². The molecule has 12 rings (SSSR count). The summed E-state index contributed by atoms with van der Waals surface area (Å²) in [7, 11) is -2.83. The largest absolute Gasteiger partial charge is 0.524 e. The van der Waals surface area contributed by atoms with E-state index < -0.39 is 25.8 Å². The first-order chi connectivity index (χ1) is 46.3. The van der Waals surface area contributed by atoms with Crippen LogP contribution in [-0.2, 0) is 55.5 Å². The van der Waals surface area contributed by atoms with Gasteiger partial charge in [-0.3, -0.25) is 29.2 Å². The van der Waals surface area contributed by atoms with Gasteiger partial charge in [0.1, 0.15) is 30.0 Å². The number of phosphoric ester groups is 1. The number of amides is 2. The fourth-order valence-corrected chi connectivity index (χ4v) is 16.7. The fourth-order valence-electron chi connectivity index (χ4n) is 16.3. The van der Waals surface area contributed by atoms with Gasteiger partial charge >= 0.3 is 7.82 Å². The van der Waals surface area contributed by atoms with Crippen LogP contribution in [0, 0.1) is 6.92 Å². The number of unbranched alkanes of at least 4 members (excludes halogenated alkanes) is 7. The minimum Gasteiger partial charge on any atom is -0.455 e. The highest BCUT2D eigenvalue weighted by atomic mass is 31.2. The number of hydrogen-bond donors (Lipinski definition) is 4. The van der Waals surface area contributed by atoms with Crippen LogP contribution in [0.25, 0.3) is 21.9 Å². The zero-order valence-electron chi connectivity index (χ0n) is 57.3. The van der Waals surface area contributed by atoms with Gasteiger partial charge in [0, 0.05) is 132 Å². The van der Waals surface area contributed by atoms with Crippen molar-refractivity contribution in [3.05, 3.63) is 165 Å². The molecule has 0 saturated heterocycles. The average molecular weight is 1320 g/mol. The molecule has 2 unspecified atom stereocenters. The number of carbonyl (C=O) groups is 3. The molecule has 0 spiro atoms. The van der Waals surface area contributed by atoms with Crippen LogP contribution in [0.1, 0.15) is 188 Å². The Balaban J connectivity index is 0.691. The second-order valence-electron chi connectivity index (χ2n) is 28.6. The molecule has 0 bridgehead atoms. The Hall–Kier alpha value is -7.65. The number of ketones is 1. The molecule has 1 aromatic heterocycles. The van der Waals surface area contributed by atoms with Crippen LogP contribution in [0.2, 0.25) is 0 Å².